The monoisotopic (exact) mass is 478 g/mol. The van der Waals surface area contributed by atoms with Gasteiger partial charge in [-0.3, -0.25) is 14.4 Å². The van der Waals surface area contributed by atoms with E-state index in [1.54, 1.807) is 55.6 Å². The molecule has 3 rings (SSSR count). The number of rotatable bonds is 9. The van der Waals surface area contributed by atoms with Crippen molar-refractivity contribution in [2.75, 3.05) is 11.9 Å². The Bertz CT molecular complexity index is 1160. The average molecular weight is 479 g/mol. The second-order valence-corrected chi connectivity index (χ2v) is 9.05. The molecule has 35 heavy (non-hydrogen) atoms. The first kappa shape index (κ1) is 25.8. The van der Waals surface area contributed by atoms with Gasteiger partial charge in [0.2, 0.25) is 18.0 Å². The number of benzodiazepines with no additional fused rings is 1. The van der Waals surface area contributed by atoms with Crippen LogP contribution in [0.25, 0.3) is 0 Å². The number of fused-ring (bicyclic) bond motifs is 1. The van der Waals surface area contributed by atoms with Crippen LogP contribution < -0.4 is 16.0 Å². The Balaban J connectivity index is 2.07. The van der Waals surface area contributed by atoms with Crippen molar-refractivity contribution in [3.8, 4) is 0 Å². The maximum Gasteiger partial charge on any atom is 0.272 e. The molecule has 1 aliphatic heterocycles. The number of likely N-dealkylation sites (N-methyl/N-ethyl adjacent to an activating group) is 1. The van der Waals surface area contributed by atoms with Crippen molar-refractivity contribution in [1.82, 2.24) is 5.32 Å². The van der Waals surface area contributed by atoms with Crippen molar-refractivity contribution in [2.24, 2.45) is 28.5 Å². The molecule has 3 amide bonds. The first-order chi connectivity index (χ1) is 16.6. The molecule has 1 aliphatic rings. The Morgan fingerprint density at radius 2 is 1.77 bits per heavy atom. The molecule has 3 atom stereocenters. The number of carbonyl (C=O) groups is 3. The molecule has 2 aromatic rings. The van der Waals surface area contributed by atoms with Crippen molar-refractivity contribution < 1.29 is 18.8 Å². The van der Waals surface area contributed by atoms with Gasteiger partial charge in [0.05, 0.1) is 23.2 Å². The number of hydrogen-bond acceptors (Lipinski definition) is 4. The van der Waals surface area contributed by atoms with E-state index in [1.807, 2.05) is 13.8 Å². The first-order valence-electron chi connectivity index (χ1n) is 11.6. The molecule has 0 fully saturated rings. The zero-order valence-corrected chi connectivity index (χ0v) is 20.2. The number of hydrogen-bond donors (Lipinski definition) is 2. The molecule has 0 saturated carbocycles. The molecule has 0 radical (unpaired) electrons. The average Bonchev–Trinajstić information content (AvgIpc) is 2.92. The summed E-state index contributed by atoms with van der Waals surface area (Å²) >= 11 is 0. The van der Waals surface area contributed by atoms with Crippen molar-refractivity contribution in [3.63, 3.8) is 0 Å². The molecule has 0 aromatic heterocycles. The lowest BCUT2D eigenvalue weighted by molar-refractivity contribution is -0.135. The van der Waals surface area contributed by atoms with Crippen LogP contribution in [0.4, 0.5) is 10.1 Å². The van der Waals surface area contributed by atoms with Crippen molar-refractivity contribution >= 4 is 29.1 Å². The molecule has 1 heterocycles. The van der Waals surface area contributed by atoms with Gasteiger partial charge >= 0.3 is 0 Å². The molecule has 0 unspecified atom stereocenters. The van der Waals surface area contributed by atoms with E-state index in [4.69, 9.17) is 5.73 Å². The fourth-order valence-electron chi connectivity index (χ4n) is 4.35. The number of amides is 3. The summed E-state index contributed by atoms with van der Waals surface area (Å²) in [5.74, 6) is -3.58. The highest BCUT2D eigenvalue weighted by Gasteiger charge is 2.36. The molecular formula is C27H31FN4O3. The normalized spacial score (nSPS) is 17.2. The summed E-state index contributed by atoms with van der Waals surface area (Å²) in [6.45, 7) is 7.54. The van der Waals surface area contributed by atoms with E-state index in [0.29, 0.717) is 17.7 Å². The van der Waals surface area contributed by atoms with Gasteiger partial charge in [0.25, 0.3) is 5.91 Å². The van der Waals surface area contributed by atoms with Crippen LogP contribution in [0, 0.1) is 23.6 Å². The Labute approximate surface area is 204 Å². The summed E-state index contributed by atoms with van der Waals surface area (Å²) in [4.78, 5) is 44.9. The van der Waals surface area contributed by atoms with Crippen LogP contribution in [0.15, 0.2) is 66.2 Å². The van der Waals surface area contributed by atoms with E-state index in [-0.39, 0.29) is 23.6 Å². The third-order valence-electron chi connectivity index (χ3n) is 6.09. The maximum atomic E-state index is 14.8. The van der Waals surface area contributed by atoms with Gasteiger partial charge in [-0.25, -0.2) is 9.38 Å². The summed E-state index contributed by atoms with van der Waals surface area (Å²) < 4.78 is 14.8. The molecular weight excluding hydrogens is 447 g/mol. The largest absolute Gasteiger partial charge is 0.369 e. The molecule has 2 aromatic carbocycles. The SMILES string of the molecule is C=CC[C@H](C(N)=O)[C@@H](CC(C)C)C(=O)N[C@@H]1N=C(c2ccccc2F)c2ccccc2N(C)C1=O. The summed E-state index contributed by atoms with van der Waals surface area (Å²) in [7, 11) is 1.58. The Kier molecular flexibility index (Phi) is 8.17. The number of halogens is 1. The van der Waals surface area contributed by atoms with E-state index in [0.717, 1.165) is 0 Å². The minimum atomic E-state index is -1.32. The number of para-hydroxylation sites is 1. The number of nitrogens with two attached hydrogens (primary N) is 1. The molecule has 3 N–H and O–H groups in total. The number of allylic oxidation sites excluding steroid dienone is 1. The molecule has 0 spiro atoms. The summed E-state index contributed by atoms with van der Waals surface area (Å²) in [5.41, 5.74) is 7.17. The first-order valence-corrected chi connectivity index (χ1v) is 11.6. The maximum absolute atomic E-state index is 14.8. The zero-order valence-electron chi connectivity index (χ0n) is 20.2. The highest BCUT2D eigenvalue weighted by molar-refractivity contribution is 6.20. The minimum absolute atomic E-state index is 0.0895. The Hall–Kier alpha value is -3.81. The van der Waals surface area contributed by atoms with Crippen LogP contribution in [-0.2, 0) is 14.4 Å². The van der Waals surface area contributed by atoms with Crippen LogP contribution >= 0.6 is 0 Å². The van der Waals surface area contributed by atoms with E-state index in [2.05, 4.69) is 16.9 Å². The van der Waals surface area contributed by atoms with E-state index in [9.17, 15) is 18.8 Å². The van der Waals surface area contributed by atoms with Gasteiger partial charge in [0.15, 0.2) is 0 Å². The summed E-state index contributed by atoms with van der Waals surface area (Å²) in [6, 6.07) is 13.2. The summed E-state index contributed by atoms with van der Waals surface area (Å²) in [5, 5.41) is 2.71. The summed E-state index contributed by atoms with van der Waals surface area (Å²) in [6.07, 6.45) is 0.842. The third kappa shape index (κ3) is 5.65. The van der Waals surface area contributed by atoms with Gasteiger partial charge in [-0.2, -0.15) is 0 Å². The Morgan fingerprint density at radius 1 is 1.14 bits per heavy atom. The topological polar surface area (TPSA) is 105 Å². The molecule has 0 saturated heterocycles. The van der Waals surface area contributed by atoms with Crippen molar-refractivity contribution in [3.05, 3.63) is 78.1 Å². The smallest absolute Gasteiger partial charge is 0.272 e. The van der Waals surface area contributed by atoms with Crippen LogP contribution in [0.3, 0.4) is 0 Å². The second-order valence-electron chi connectivity index (χ2n) is 9.05. The van der Waals surface area contributed by atoms with Gasteiger partial charge < -0.3 is 16.0 Å². The highest BCUT2D eigenvalue weighted by atomic mass is 19.1. The fraction of sp³-hybridized carbons (Fsp3) is 0.333. The van der Waals surface area contributed by atoms with Gasteiger partial charge in [-0.05, 0) is 37.0 Å². The quantitative estimate of drug-likeness (QED) is 0.540. The Morgan fingerprint density at radius 3 is 2.37 bits per heavy atom. The van der Waals surface area contributed by atoms with Crippen molar-refractivity contribution in [1.29, 1.82) is 0 Å². The number of nitrogens with one attached hydrogen (secondary N) is 1. The van der Waals surface area contributed by atoms with Crippen LogP contribution in [-0.4, -0.2) is 36.6 Å². The lowest BCUT2D eigenvalue weighted by Gasteiger charge is -2.27. The van der Waals surface area contributed by atoms with Crippen molar-refractivity contribution in [2.45, 2.75) is 32.9 Å². The van der Waals surface area contributed by atoms with E-state index < -0.39 is 41.5 Å². The number of primary amides is 1. The number of anilines is 1. The zero-order chi connectivity index (χ0) is 25.7. The molecule has 0 bridgehead atoms. The van der Waals surface area contributed by atoms with Crippen LogP contribution in [0.2, 0.25) is 0 Å². The van der Waals surface area contributed by atoms with E-state index in [1.165, 1.54) is 11.0 Å². The number of carbonyl (C=O) groups excluding carboxylic acids is 3. The standard InChI is InChI=1S/C27H31FN4O3/c1-5-10-17(24(29)33)20(15-16(2)3)26(34)31-25-27(35)32(4)22-14-9-7-12-19(22)23(30-25)18-11-6-8-13-21(18)28/h5-9,11-14,16-17,20,25H,1,10,15H2,2-4H3,(H2,29,33)(H,31,34)/t17-,20+,25-/m0/s1. The minimum Gasteiger partial charge on any atom is -0.369 e. The van der Waals surface area contributed by atoms with Gasteiger partial charge in [0, 0.05) is 18.2 Å². The fourth-order valence-corrected chi connectivity index (χ4v) is 4.35. The number of nitrogens with zero attached hydrogens (tertiary/aromatic N) is 2. The van der Waals surface area contributed by atoms with Gasteiger partial charge in [0.1, 0.15) is 5.82 Å². The lowest BCUT2D eigenvalue weighted by Crippen LogP contribution is -2.50. The molecule has 0 aliphatic carbocycles. The van der Waals surface area contributed by atoms with Crippen LogP contribution in [0.1, 0.15) is 37.8 Å². The lowest BCUT2D eigenvalue weighted by atomic mass is 9.82. The number of aliphatic imine (C=N–C) groups is 1. The van der Waals surface area contributed by atoms with Gasteiger partial charge in [-0.1, -0.05) is 50.3 Å². The van der Waals surface area contributed by atoms with Gasteiger partial charge in [-0.15, -0.1) is 6.58 Å². The highest BCUT2D eigenvalue weighted by Crippen LogP contribution is 2.29. The van der Waals surface area contributed by atoms with Crippen LogP contribution in [0.5, 0.6) is 0 Å². The van der Waals surface area contributed by atoms with E-state index >= 15 is 0 Å². The molecule has 8 heteroatoms. The molecule has 184 valence electrons. The predicted molar refractivity (Wildman–Crippen MR) is 134 cm³/mol. The number of benzene rings is 2. The second kappa shape index (κ2) is 11.1. The molecule has 7 nitrogen and oxygen atoms in total. The third-order valence-corrected chi connectivity index (χ3v) is 6.09. The predicted octanol–water partition coefficient (Wildman–Crippen LogP) is 3.42.